The summed E-state index contributed by atoms with van der Waals surface area (Å²) in [6.45, 7) is 7.09. The zero-order valence-electron chi connectivity index (χ0n) is 16.1. The van der Waals surface area contributed by atoms with Crippen molar-refractivity contribution in [2.24, 2.45) is 4.99 Å². The molecule has 1 saturated heterocycles. The number of nitrogens with zero attached hydrogens (tertiary/aromatic N) is 3. The Morgan fingerprint density at radius 1 is 1.42 bits per heavy atom. The molecule has 26 heavy (non-hydrogen) atoms. The van der Waals surface area contributed by atoms with E-state index in [-0.39, 0.29) is 18.1 Å². The number of pyridine rings is 1. The van der Waals surface area contributed by atoms with Gasteiger partial charge in [0.05, 0.1) is 5.60 Å². The fourth-order valence-electron chi connectivity index (χ4n) is 2.81. The number of carbonyl (C=O) groups excluding carboxylic acids is 1. The van der Waals surface area contributed by atoms with E-state index in [0.717, 1.165) is 38.1 Å². The monoisotopic (exact) mass is 361 g/mol. The zero-order valence-corrected chi connectivity index (χ0v) is 16.1. The molecule has 0 radical (unpaired) electrons. The first kappa shape index (κ1) is 20.2. The molecule has 1 amide bonds. The Balaban J connectivity index is 1.79. The van der Waals surface area contributed by atoms with Crippen LogP contribution in [0.3, 0.4) is 0 Å². The number of ether oxygens (including phenoxy) is 1. The maximum Gasteiger partial charge on any atom is 0.244 e. The van der Waals surface area contributed by atoms with Crippen LogP contribution < -0.4 is 10.6 Å². The van der Waals surface area contributed by atoms with Crippen LogP contribution in [-0.2, 0) is 16.0 Å². The van der Waals surface area contributed by atoms with E-state index in [1.807, 2.05) is 25.1 Å². The highest BCUT2D eigenvalue weighted by Gasteiger charge is 2.29. The van der Waals surface area contributed by atoms with Gasteiger partial charge in [-0.1, -0.05) is 6.07 Å². The van der Waals surface area contributed by atoms with Gasteiger partial charge in [-0.25, -0.2) is 4.99 Å². The Morgan fingerprint density at radius 2 is 2.27 bits per heavy atom. The van der Waals surface area contributed by atoms with Gasteiger partial charge in [0.15, 0.2) is 5.96 Å². The molecule has 144 valence electrons. The molecule has 1 fully saturated rings. The van der Waals surface area contributed by atoms with Crippen molar-refractivity contribution in [2.75, 3.05) is 39.8 Å². The van der Waals surface area contributed by atoms with Crippen molar-refractivity contribution in [3.63, 3.8) is 0 Å². The summed E-state index contributed by atoms with van der Waals surface area (Å²) in [5, 5.41) is 6.47. The predicted octanol–water partition coefficient (Wildman–Crippen LogP) is 1.21. The maximum atomic E-state index is 12.3. The standard InChI is InChI=1S/C19H31N5O2/c1-4-20-18(23-15-19(2)10-7-13-26-19)22-14-17(25)24(3)12-9-16-8-5-6-11-21-16/h5-6,8,11H,4,7,9-10,12-15H2,1-3H3,(H2,20,22,23). The van der Waals surface area contributed by atoms with Crippen molar-refractivity contribution in [3.05, 3.63) is 30.1 Å². The van der Waals surface area contributed by atoms with Crippen molar-refractivity contribution < 1.29 is 9.53 Å². The van der Waals surface area contributed by atoms with Gasteiger partial charge in [0.1, 0.15) is 6.54 Å². The molecule has 1 unspecified atom stereocenters. The average Bonchev–Trinajstić information content (AvgIpc) is 3.09. The summed E-state index contributed by atoms with van der Waals surface area (Å²) in [6.07, 6.45) is 4.63. The minimum atomic E-state index is -0.153. The van der Waals surface area contributed by atoms with Gasteiger partial charge in [-0.15, -0.1) is 0 Å². The lowest BCUT2D eigenvalue weighted by atomic mass is 10.0. The summed E-state index contributed by atoms with van der Waals surface area (Å²) >= 11 is 0. The normalized spacial score (nSPS) is 20.0. The molecule has 2 rings (SSSR count). The molecular formula is C19H31N5O2. The number of aliphatic imine (C=N–C) groups is 1. The molecule has 0 saturated carbocycles. The van der Waals surface area contributed by atoms with E-state index < -0.39 is 0 Å². The average molecular weight is 361 g/mol. The fourth-order valence-corrected chi connectivity index (χ4v) is 2.81. The molecule has 0 spiro atoms. The van der Waals surface area contributed by atoms with Crippen molar-refractivity contribution in [3.8, 4) is 0 Å². The number of likely N-dealkylation sites (N-methyl/N-ethyl adjacent to an activating group) is 1. The first-order valence-corrected chi connectivity index (χ1v) is 9.32. The Morgan fingerprint density at radius 3 is 2.92 bits per heavy atom. The second-order valence-electron chi connectivity index (χ2n) is 6.84. The molecule has 0 bridgehead atoms. The molecule has 7 nitrogen and oxygen atoms in total. The van der Waals surface area contributed by atoms with Crippen LogP contribution in [0, 0.1) is 0 Å². The van der Waals surface area contributed by atoms with Gasteiger partial charge in [-0.05, 0) is 38.8 Å². The number of carbonyl (C=O) groups is 1. The Kier molecular flexibility index (Phi) is 7.84. The lowest BCUT2D eigenvalue weighted by molar-refractivity contribution is -0.128. The highest BCUT2D eigenvalue weighted by Crippen LogP contribution is 2.23. The zero-order chi connectivity index (χ0) is 18.8. The molecule has 0 aromatic carbocycles. The van der Waals surface area contributed by atoms with Crippen molar-refractivity contribution in [1.29, 1.82) is 0 Å². The van der Waals surface area contributed by atoms with Gasteiger partial charge < -0.3 is 20.3 Å². The van der Waals surface area contributed by atoms with E-state index >= 15 is 0 Å². The second-order valence-corrected chi connectivity index (χ2v) is 6.84. The number of hydrogen-bond donors (Lipinski definition) is 2. The van der Waals surface area contributed by atoms with Gasteiger partial charge in [0.25, 0.3) is 0 Å². The number of guanidine groups is 1. The van der Waals surface area contributed by atoms with Crippen LogP contribution in [0.2, 0.25) is 0 Å². The van der Waals surface area contributed by atoms with Crippen molar-refractivity contribution in [2.45, 2.75) is 38.7 Å². The summed E-state index contributed by atoms with van der Waals surface area (Å²) in [6, 6.07) is 5.81. The molecular weight excluding hydrogens is 330 g/mol. The van der Waals surface area contributed by atoms with Gasteiger partial charge >= 0.3 is 0 Å². The molecule has 1 aliphatic rings. The largest absolute Gasteiger partial charge is 0.373 e. The summed E-state index contributed by atoms with van der Waals surface area (Å²) < 4.78 is 5.78. The molecule has 1 atom stereocenters. The molecule has 1 aromatic heterocycles. The number of aromatic nitrogens is 1. The van der Waals surface area contributed by atoms with E-state index in [2.05, 4.69) is 27.5 Å². The Bertz CT molecular complexity index is 585. The van der Waals surface area contributed by atoms with E-state index in [0.29, 0.717) is 19.0 Å². The second kappa shape index (κ2) is 10.1. The van der Waals surface area contributed by atoms with Crippen molar-refractivity contribution >= 4 is 11.9 Å². The smallest absolute Gasteiger partial charge is 0.244 e. The molecule has 2 heterocycles. The number of nitrogens with one attached hydrogen (secondary N) is 2. The topological polar surface area (TPSA) is 78.9 Å². The fraction of sp³-hybridized carbons (Fsp3) is 0.632. The Hall–Kier alpha value is -2.15. The summed E-state index contributed by atoms with van der Waals surface area (Å²) in [5.41, 5.74) is 0.829. The highest BCUT2D eigenvalue weighted by molar-refractivity contribution is 5.84. The van der Waals surface area contributed by atoms with Crippen LogP contribution in [0.1, 0.15) is 32.4 Å². The molecule has 7 heteroatoms. The number of hydrogen-bond acceptors (Lipinski definition) is 4. The summed E-state index contributed by atoms with van der Waals surface area (Å²) in [5.74, 6) is 0.636. The third-order valence-electron chi connectivity index (χ3n) is 4.50. The third-order valence-corrected chi connectivity index (χ3v) is 4.50. The summed E-state index contributed by atoms with van der Waals surface area (Å²) in [4.78, 5) is 22.7. The first-order valence-electron chi connectivity index (χ1n) is 9.32. The number of rotatable bonds is 8. The molecule has 0 aliphatic carbocycles. The van der Waals surface area contributed by atoms with E-state index in [1.54, 1.807) is 18.1 Å². The minimum absolute atomic E-state index is 0.0125. The van der Waals surface area contributed by atoms with E-state index in [9.17, 15) is 4.79 Å². The molecule has 2 N–H and O–H groups in total. The van der Waals surface area contributed by atoms with Gasteiger partial charge in [-0.3, -0.25) is 9.78 Å². The van der Waals surface area contributed by atoms with Gasteiger partial charge in [0, 0.05) is 51.6 Å². The highest BCUT2D eigenvalue weighted by atomic mass is 16.5. The maximum absolute atomic E-state index is 12.3. The third kappa shape index (κ3) is 6.63. The SMILES string of the molecule is CCNC(=NCC(=O)N(C)CCc1ccccn1)NCC1(C)CCCO1. The minimum Gasteiger partial charge on any atom is -0.373 e. The van der Waals surface area contributed by atoms with Crippen LogP contribution in [0.25, 0.3) is 0 Å². The lowest BCUT2D eigenvalue weighted by Crippen LogP contribution is -2.46. The van der Waals surface area contributed by atoms with Crippen LogP contribution >= 0.6 is 0 Å². The Labute approximate surface area is 156 Å². The van der Waals surface area contributed by atoms with Crippen molar-refractivity contribution in [1.82, 2.24) is 20.5 Å². The quantitative estimate of drug-likeness (QED) is 0.537. The summed E-state index contributed by atoms with van der Waals surface area (Å²) in [7, 11) is 1.80. The van der Waals surface area contributed by atoms with Crippen LogP contribution in [-0.4, -0.2) is 67.2 Å². The molecule has 1 aromatic rings. The van der Waals surface area contributed by atoms with Crippen LogP contribution in [0.5, 0.6) is 0 Å². The van der Waals surface area contributed by atoms with E-state index in [4.69, 9.17) is 4.74 Å². The number of amides is 1. The first-order chi connectivity index (χ1) is 12.5. The van der Waals surface area contributed by atoms with Gasteiger partial charge in [-0.2, -0.15) is 0 Å². The predicted molar refractivity (Wildman–Crippen MR) is 103 cm³/mol. The lowest BCUT2D eigenvalue weighted by Gasteiger charge is -2.24. The van der Waals surface area contributed by atoms with Gasteiger partial charge in [0.2, 0.25) is 5.91 Å². The molecule has 1 aliphatic heterocycles. The van der Waals surface area contributed by atoms with E-state index in [1.165, 1.54) is 0 Å². The van der Waals surface area contributed by atoms with Crippen LogP contribution in [0.15, 0.2) is 29.4 Å². The van der Waals surface area contributed by atoms with Crippen LogP contribution in [0.4, 0.5) is 0 Å².